The Labute approximate surface area is 77.2 Å². The lowest BCUT2D eigenvalue weighted by Gasteiger charge is -2.13. The van der Waals surface area contributed by atoms with Gasteiger partial charge in [0.2, 0.25) is 0 Å². The molecule has 0 spiro atoms. The highest BCUT2D eigenvalue weighted by atomic mass is 79.9. The monoisotopic (exact) mass is 229 g/mol. The molecule has 0 aliphatic carbocycles. The van der Waals surface area contributed by atoms with E-state index in [0.29, 0.717) is 10.2 Å². The predicted octanol–water partition coefficient (Wildman–Crippen LogP) is 2.86. The zero-order valence-corrected chi connectivity index (χ0v) is 7.56. The smallest absolute Gasteiger partial charge is 0.185 e. The first-order valence-electron chi connectivity index (χ1n) is 3.34. The summed E-state index contributed by atoms with van der Waals surface area (Å²) in [5, 5.41) is 2.87. The van der Waals surface area contributed by atoms with Crippen LogP contribution in [0.4, 0.5) is 10.1 Å². The number of hydrogen-bond acceptors (Lipinski definition) is 2. The molecule has 0 bridgehead atoms. The SMILES string of the molecule is Fc1cc(Br)cc2c1OC=CN2. The van der Waals surface area contributed by atoms with Crippen LogP contribution < -0.4 is 10.1 Å². The van der Waals surface area contributed by atoms with E-state index < -0.39 is 0 Å². The van der Waals surface area contributed by atoms with Gasteiger partial charge in [0.25, 0.3) is 0 Å². The van der Waals surface area contributed by atoms with E-state index in [-0.39, 0.29) is 11.6 Å². The zero-order chi connectivity index (χ0) is 8.55. The Bertz CT molecular complexity index is 351. The fraction of sp³-hybridized carbons (Fsp3) is 0. The molecule has 1 aliphatic rings. The Hall–Kier alpha value is -1.03. The normalized spacial score (nSPS) is 13.2. The van der Waals surface area contributed by atoms with Gasteiger partial charge in [0, 0.05) is 10.7 Å². The quantitative estimate of drug-likeness (QED) is 0.739. The van der Waals surface area contributed by atoms with Gasteiger partial charge in [-0.25, -0.2) is 4.39 Å². The van der Waals surface area contributed by atoms with E-state index in [1.54, 1.807) is 12.3 Å². The maximum Gasteiger partial charge on any atom is 0.185 e. The van der Waals surface area contributed by atoms with Crippen LogP contribution in [0.1, 0.15) is 0 Å². The summed E-state index contributed by atoms with van der Waals surface area (Å²) >= 11 is 3.18. The van der Waals surface area contributed by atoms with Crippen molar-refractivity contribution in [2.24, 2.45) is 0 Å². The molecule has 2 nitrogen and oxygen atoms in total. The number of halogens is 2. The average Bonchev–Trinajstić information content (AvgIpc) is 2.04. The van der Waals surface area contributed by atoms with E-state index in [1.807, 2.05) is 0 Å². The predicted molar refractivity (Wildman–Crippen MR) is 47.5 cm³/mol. The lowest BCUT2D eigenvalue weighted by atomic mass is 10.2. The van der Waals surface area contributed by atoms with E-state index in [1.165, 1.54) is 12.3 Å². The number of benzene rings is 1. The third-order valence-electron chi connectivity index (χ3n) is 1.50. The molecule has 0 fully saturated rings. The van der Waals surface area contributed by atoms with Crippen LogP contribution in [0.25, 0.3) is 0 Å². The minimum Gasteiger partial charge on any atom is -0.458 e. The second-order valence-electron chi connectivity index (χ2n) is 2.33. The van der Waals surface area contributed by atoms with Crippen LogP contribution in [0.2, 0.25) is 0 Å². The highest BCUT2D eigenvalue weighted by Crippen LogP contribution is 2.33. The Morgan fingerprint density at radius 3 is 3.08 bits per heavy atom. The van der Waals surface area contributed by atoms with Gasteiger partial charge >= 0.3 is 0 Å². The molecular formula is C8H5BrFNO. The molecule has 1 aromatic carbocycles. The molecule has 0 atom stereocenters. The highest BCUT2D eigenvalue weighted by molar-refractivity contribution is 9.10. The molecule has 2 rings (SSSR count). The molecule has 0 saturated heterocycles. The second kappa shape index (κ2) is 2.79. The van der Waals surface area contributed by atoms with Gasteiger partial charge in [0.1, 0.15) is 6.26 Å². The summed E-state index contributed by atoms with van der Waals surface area (Å²) in [4.78, 5) is 0. The number of fused-ring (bicyclic) bond motifs is 1. The molecular weight excluding hydrogens is 225 g/mol. The first kappa shape index (κ1) is 7.61. The van der Waals surface area contributed by atoms with Crippen LogP contribution in [-0.2, 0) is 0 Å². The summed E-state index contributed by atoms with van der Waals surface area (Å²) in [6.45, 7) is 0. The van der Waals surface area contributed by atoms with Crippen molar-refractivity contribution in [3.8, 4) is 5.75 Å². The van der Waals surface area contributed by atoms with E-state index in [0.717, 1.165) is 0 Å². The zero-order valence-electron chi connectivity index (χ0n) is 5.97. The minimum atomic E-state index is -0.378. The van der Waals surface area contributed by atoms with Crippen molar-refractivity contribution in [2.45, 2.75) is 0 Å². The van der Waals surface area contributed by atoms with Crippen molar-refractivity contribution in [2.75, 3.05) is 5.32 Å². The molecule has 1 aliphatic heterocycles. The van der Waals surface area contributed by atoms with Crippen molar-refractivity contribution in [1.82, 2.24) is 0 Å². The number of rotatable bonds is 0. The molecule has 0 saturated carbocycles. The van der Waals surface area contributed by atoms with E-state index in [2.05, 4.69) is 21.2 Å². The lowest BCUT2D eigenvalue weighted by molar-refractivity contribution is 0.437. The molecule has 12 heavy (non-hydrogen) atoms. The molecule has 1 aromatic rings. The van der Waals surface area contributed by atoms with Crippen molar-refractivity contribution in [3.05, 3.63) is 34.9 Å². The van der Waals surface area contributed by atoms with E-state index >= 15 is 0 Å². The van der Waals surface area contributed by atoms with Crippen molar-refractivity contribution < 1.29 is 9.13 Å². The summed E-state index contributed by atoms with van der Waals surface area (Å²) in [5.41, 5.74) is 0.629. The van der Waals surface area contributed by atoms with Crippen LogP contribution in [0.15, 0.2) is 29.1 Å². The maximum atomic E-state index is 13.1. The summed E-state index contributed by atoms with van der Waals surface area (Å²) in [5.74, 6) is -0.142. The van der Waals surface area contributed by atoms with Gasteiger partial charge in [-0.2, -0.15) is 0 Å². The van der Waals surface area contributed by atoms with Gasteiger partial charge in [-0.1, -0.05) is 15.9 Å². The first-order chi connectivity index (χ1) is 5.77. The molecule has 1 heterocycles. The number of nitrogens with one attached hydrogen (secondary N) is 1. The van der Waals surface area contributed by atoms with Crippen LogP contribution in [0.5, 0.6) is 5.75 Å². The van der Waals surface area contributed by atoms with Gasteiger partial charge in [0.05, 0.1) is 5.69 Å². The third-order valence-corrected chi connectivity index (χ3v) is 1.96. The lowest BCUT2D eigenvalue weighted by Crippen LogP contribution is -2.01. The molecule has 0 aromatic heterocycles. The number of hydrogen-bond donors (Lipinski definition) is 1. The summed E-state index contributed by atoms with van der Waals surface area (Å²) < 4.78 is 18.8. The Balaban J connectivity index is 2.57. The molecule has 0 amide bonds. The third kappa shape index (κ3) is 1.18. The number of anilines is 1. The fourth-order valence-corrected chi connectivity index (χ4v) is 1.44. The molecule has 1 N–H and O–H groups in total. The summed E-state index contributed by atoms with van der Waals surface area (Å²) in [6, 6.07) is 3.11. The first-order valence-corrected chi connectivity index (χ1v) is 4.14. The van der Waals surface area contributed by atoms with Gasteiger partial charge in [-0.3, -0.25) is 0 Å². The van der Waals surface area contributed by atoms with Crippen LogP contribution in [0, 0.1) is 5.82 Å². The Morgan fingerprint density at radius 2 is 2.25 bits per heavy atom. The fourth-order valence-electron chi connectivity index (χ4n) is 1.01. The summed E-state index contributed by atoms with van der Waals surface area (Å²) in [7, 11) is 0. The number of ether oxygens (including phenoxy) is 1. The largest absolute Gasteiger partial charge is 0.458 e. The van der Waals surface area contributed by atoms with Crippen molar-refractivity contribution in [3.63, 3.8) is 0 Å². The topological polar surface area (TPSA) is 21.3 Å². The van der Waals surface area contributed by atoms with Crippen LogP contribution in [0.3, 0.4) is 0 Å². The summed E-state index contributed by atoms with van der Waals surface area (Å²) in [6.07, 6.45) is 3.01. The Kier molecular flexibility index (Phi) is 1.77. The van der Waals surface area contributed by atoms with Gasteiger partial charge in [0.15, 0.2) is 11.6 Å². The maximum absolute atomic E-state index is 13.1. The van der Waals surface area contributed by atoms with Crippen molar-refractivity contribution in [1.29, 1.82) is 0 Å². The average molecular weight is 230 g/mol. The standard InChI is InChI=1S/C8H5BrFNO/c9-5-3-6(10)8-7(4-5)11-1-2-12-8/h1-4,11H. The highest BCUT2D eigenvalue weighted by Gasteiger charge is 2.12. The minimum absolute atomic E-state index is 0.237. The molecule has 0 unspecified atom stereocenters. The van der Waals surface area contributed by atoms with Crippen LogP contribution >= 0.6 is 15.9 Å². The van der Waals surface area contributed by atoms with Crippen LogP contribution in [-0.4, -0.2) is 0 Å². The van der Waals surface area contributed by atoms with E-state index in [9.17, 15) is 4.39 Å². The van der Waals surface area contributed by atoms with Gasteiger partial charge < -0.3 is 10.1 Å². The van der Waals surface area contributed by atoms with Gasteiger partial charge in [-0.05, 0) is 12.1 Å². The van der Waals surface area contributed by atoms with Crippen molar-refractivity contribution >= 4 is 21.6 Å². The Morgan fingerprint density at radius 1 is 1.42 bits per heavy atom. The van der Waals surface area contributed by atoms with E-state index in [4.69, 9.17) is 4.74 Å². The molecule has 4 heteroatoms. The molecule has 62 valence electrons. The molecule has 0 radical (unpaired) electrons. The van der Waals surface area contributed by atoms with Gasteiger partial charge in [-0.15, -0.1) is 0 Å². The second-order valence-corrected chi connectivity index (χ2v) is 3.24.